The van der Waals surface area contributed by atoms with Crippen molar-refractivity contribution in [1.29, 1.82) is 0 Å². The number of nitrogens with zero attached hydrogens (tertiary/aromatic N) is 1. The molecular formula is C24H24F3NO4. The molecule has 0 radical (unpaired) electrons. The molecule has 0 aliphatic carbocycles. The van der Waals surface area contributed by atoms with Crippen LogP contribution in [0.3, 0.4) is 0 Å². The summed E-state index contributed by atoms with van der Waals surface area (Å²) in [5.41, 5.74) is 3.49. The maximum Gasteiger partial charge on any atom is 0.573 e. The summed E-state index contributed by atoms with van der Waals surface area (Å²) in [6, 6.07) is 11.5. The van der Waals surface area contributed by atoms with E-state index in [1.165, 1.54) is 18.2 Å². The first-order valence-corrected chi connectivity index (χ1v) is 9.96. The highest BCUT2D eigenvalue weighted by atomic mass is 19.4. The van der Waals surface area contributed by atoms with E-state index in [1.54, 1.807) is 31.2 Å². The third kappa shape index (κ3) is 5.43. The predicted octanol–water partition coefficient (Wildman–Crippen LogP) is 5.47. The zero-order valence-electron chi connectivity index (χ0n) is 18.0. The molecule has 0 amide bonds. The molecule has 1 atom stereocenters. The molecule has 3 aromatic rings. The zero-order chi connectivity index (χ0) is 23.5. The molecule has 0 aliphatic rings. The normalized spacial score (nSPS) is 12.4. The maximum absolute atomic E-state index is 12.7. The molecule has 1 heterocycles. The molecule has 8 heteroatoms. The van der Waals surface area contributed by atoms with E-state index in [0.717, 1.165) is 22.3 Å². The lowest BCUT2D eigenvalue weighted by molar-refractivity contribution is -0.274. The molecule has 170 valence electrons. The van der Waals surface area contributed by atoms with Gasteiger partial charge in [0.15, 0.2) is 6.10 Å². The van der Waals surface area contributed by atoms with Gasteiger partial charge in [-0.3, -0.25) is 0 Å². The monoisotopic (exact) mass is 447 g/mol. The maximum atomic E-state index is 12.7. The fourth-order valence-corrected chi connectivity index (χ4v) is 3.49. The quantitative estimate of drug-likeness (QED) is 0.339. The van der Waals surface area contributed by atoms with Gasteiger partial charge in [0.25, 0.3) is 0 Å². The highest BCUT2D eigenvalue weighted by molar-refractivity contribution is 5.87. The van der Waals surface area contributed by atoms with Crippen molar-refractivity contribution in [3.8, 4) is 11.5 Å². The summed E-state index contributed by atoms with van der Waals surface area (Å²) in [4.78, 5) is 11.9. The van der Waals surface area contributed by atoms with Gasteiger partial charge in [0.1, 0.15) is 18.1 Å². The number of aryl methyl sites for hydroxylation is 1. The minimum atomic E-state index is -4.76. The first-order valence-electron chi connectivity index (χ1n) is 9.96. The van der Waals surface area contributed by atoms with Gasteiger partial charge >= 0.3 is 12.3 Å². The van der Waals surface area contributed by atoms with Gasteiger partial charge in [-0.25, -0.2) is 4.79 Å². The van der Waals surface area contributed by atoms with Crippen LogP contribution < -0.4 is 9.47 Å². The SMILES string of the molecule is C=CCOC(=O)C(C)Oc1cccc(Cc2c(C)n(C)c3ccc(OC(F)(F)F)cc23)c1. The van der Waals surface area contributed by atoms with Crippen molar-refractivity contribution in [1.82, 2.24) is 4.57 Å². The minimum absolute atomic E-state index is 0.104. The second-order valence-electron chi connectivity index (χ2n) is 7.35. The third-order valence-corrected chi connectivity index (χ3v) is 5.10. The summed E-state index contributed by atoms with van der Waals surface area (Å²) in [5.74, 6) is -0.275. The van der Waals surface area contributed by atoms with E-state index < -0.39 is 18.4 Å². The summed E-state index contributed by atoms with van der Waals surface area (Å²) in [7, 11) is 1.86. The predicted molar refractivity (Wildman–Crippen MR) is 115 cm³/mol. The number of benzene rings is 2. The van der Waals surface area contributed by atoms with E-state index in [1.807, 2.05) is 24.6 Å². The van der Waals surface area contributed by atoms with Crippen molar-refractivity contribution in [3.05, 3.63) is 71.9 Å². The topological polar surface area (TPSA) is 49.7 Å². The molecular weight excluding hydrogens is 423 g/mol. The molecule has 0 saturated carbocycles. The van der Waals surface area contributed by atoms with Gasteiger partial charge in [-0.15, -0.1) is 13.2 Å². The molecule has 0 N–H and O–H groups in total. The number of aromatic nitrogens is 1. The van der Waals surface area contributed by atoms with Gasteiger partial charge in [-0.05, 0) is 61.7 Å². The van der Waals surface area contributed by atoms with Gasteiger partial charge < -0.3 is 18.8 Å². The number of fused-ring (bicyclic) bond motifs is 1. The smallest absolute Gasteiger partial charge is 0.479 e. The van der Waals surface area contributed by atoms with Crippen LogP contribution >= 0.6 is 0 Å². The van der Waals surface area contributed by atoms with Gasteiger partial charge in [0.2, 0.25) is 0 Å². The zero-order valence-corrected chi connectivity index (χ0v) is 18.0. The van der Waals surface area contributed by atoms with Crippen LogP contribution in [-0.2, 0) is 23.0 Å². The van der Waals surface area contributed by atoms with Crippen LogP contribution in [0.15, 0.2) is 55.1 Å². The fraction of sp³-hybridized carbons (Fsp3) is 0.292. The number of rotatable bonds is 8. The first-order chi connectivity index (χ1) is 15.1. The average Bonchev–Trinajstić information content (AvgIpc) is 2.95. The van der Waals surface area contributed by atoms with Crippen molar-refractivity contribution < 1.29 is 32.2 Å². The lowest BCUT2D eigenvalue weighted by atomic mass is 10.0. The molecule has 2 aromatic carbocycles. The number of esters is 1. The highest BCUT2D eigenvalue weighted by Crippen LogP contribution is 2.33. The number of carbonyl (C=O) groups excluding carboxylic acids is 1. The second-order valence-corrected chi connectivity index (χ2v) is 7.35. The van der Waals surface area contributed by atoms with E-state index >= 15 is 0 Å². The van der Waals surface area contributed by atoms with Gasteiger partial charge in [0, 0.05) is 23.6 Å². The summed E-state index contributed by atoms with van der Waals surface area (Å²) in [6.45, 7) is 7.11. The summed E-state index contributed by atoms with van der Waals surface area (Å²) >= 11 is 0. The van der Waals surface area contributed by atoms with E-state index in [2.05, 4.69) is 11.3 Å². The van der Waals surface area contributed by atoms with Gasteiger partial charge in [-0.1, -0.05) is 24.8 Å². The first kappa shape index (κ1) is 23.2. The Hall–Kier alpha value is -3.42. The van der Waals surface area contributed by atoms with E-state index in [-0.39, 0.29) is 12.4 Å². The molecule has 5 nitrogen and oxygen atoms in total. The minimum Gasteiger partial charge on any atom is -0.479 e. The van der Waals surface area contributed by atoms with Crippen molar-refractivity contribution in [2.24, 2.45) is 7.05 Å². The Kier molecular flexibility index (Phi) is 6.81. The van der Waals surface area contributed by atoms with Crippen LogP contribution in [0.4, 0.5) is 13.2 Å². The molecule has 0 spiro atoms. The van der Waals surface area contributed by atoms with E-state index in [9.17, 15) is 18.0 Å². The molecule has 32 heavy (non-hydrogen) atoms. The second kappa shape index (κ2) is 9.38. The molecule has 3 rings (SSSR count). The Morgan fingerprint density at radius 3 is 2.62 bits per heavy atom. The van der Waals surface area contributed by atoms with Crippen molar-refractivity contribution in [2.45, 2.75) is 32.7 Å². The Bertz CT molecular complexity index is 1130. The number of ether oxygens (including phenoxy) is 3. The molecule has 0 aliphatic heterocycles. The fourth-order valence-electron chi connectivity index (χ4n) is 3.49. The summed E-state index contributed by atoms with van der Waals surface area (Å²) in [5, 5.41) is 0.680. The molecule has 0 saturated heterocycles. The van der Waals surface area contributed by atoms with E-state index in [4.69, 9.17) is 9.47 Å². The van der Waals surface area contributed by atoms with Crippen molar-refractivity contribution in [3.63, 3.8) is 0 Å². The Balaban J connectivity index is 1.86. The third-order valence-electron chi connectivity index (χ3n) is 5.10. The number of hydrogen-bond acceptors (Lipinski definition) is 4. The van der Waals surface area contributed by atoms with Crippen LogP contribution in [0.1, 0.15) is 23.7 Å². The molecule has 1 unspecified atom stereocenters. The average molecular weight is 447 g/mol. The summed E-state index contributed by atoms with van der Waals surface area (Å²) in [6.07, 6.45) is -3.62. The van der Waals surface area contributed by atoms with E-state index in [0.29, 0.717) is 17.6 Å². The standard InChI is InChI=1S/C24H24F3NO4/c1-5-11-30-23(29)16(3)31-18-8-6-7-17(12-18)13-20-15(2)28(4)22-10-9-19(14-21(20)22)32-24(25,26)27/h5-10,12,14,16H,1,11,13H2,2-4H3. The lowest BCUT2D eigenvalue weighted by Crippen LogP contribution is -2.26. The van der Waals surface area contributed by atoms with Crippen LogP contribution in [-0.4, -0.2) is 29.6 Å². The number of hydrogen-bond donors (Lipinski definition) is 0. The van der Waals surface area contributed by atoms with Crippen molar-refractivity contribution in [2.75, 3.05) is 6.61 Å². The Morgan fingerprint density at radius 1 is 1.19 bits per heavy atom. The molecule has 0 fully saturated rings. The largest absolute Gasteiger partial charge is 0.573 e. The number of carbonyl (C=O) groups is 1. The Morgan fingerprint density at radius 2 is 1.94 bits per heavy atom. The number of alkyl halides is 3. The van der Waals surface area contributed by atoms with Crippen LogP contribution in [0.5, 0.6) is 11.5 Å². The lowest BCUT2D eigenvalue weighted by Gasteiger charge is -2.14. The van der Waals surface area contributed by atoms with Crippen LogP contribution in [0.25, 0.3) is 10.9 Å². The van der Waals surface area contributed by atoms with Crippen molar-refractivity contribution >= 4 is 16.9 Å². The van der Waals surface area contributed by atoms with Crippen LogP contribution in [0, 0.1) is 6.92 Å². The molecule has 0 bridgehead atoms. The Labute approximate surface area is 184 Å². The van der Waals surface area contributed by atoms with Gasteiger partial charge in [-0.2, -0.15) is 0 Å². The molecule has 1 aromatic heterocycles. The number of halogens is 3. The highest BCUT2D eigenvalue weighted by Gasteiger charge is 2.31. The van der Waals surface area contributed by atoms with Gasteiger partial charge in [0.05, 0.1) is 0 Å². The van der Waals surface area contributed by atoms with Crippen LogP contribution in [0.2, 0.25) is 0 Å². The summed E-state index contributed by atoms with van der Waals surface area (Å²) < 4.78 is 54.7.